The third-order valence-electron chi connectivity index (χ3n) is 3.47. The minimum Gasteiger partial charge on any atom is -0.468 e. The van der Waals surface area contributed by atoms with E-state index in [1.165, 1.54) is 12.8 Å². The van der Waals surface area contributed by atoms with Crippen molar-refractivity contribution in [3.05, 3.63) is 24.2 Å². The lowest BCUT2D eigenvalue weighted by molar-refractivity contribution is 0.146. The predicted octanol–water partition coefficient (Wildman–Crippen LogP) is 2.79. The molecule has 2 atom stereocenters. The van der Waals surface area contributed by atoms with Crippen molar-refractivity contribution in [2.45, 2.75) is 45.2 Å². The summed E-state index contributed by atoms with van der Waals surface area (Å²) in [5.74, 6) is 1.69. The van der Waals surface area contributed by atoms with Crippen molar-refractivity contribution in [2.75, 3.05) is 13.1 Å². The summed E-state index contributed by atoms with van der Waals surface area (Å²) in [6.45, 7) is 6.75. The summed E-state index contributed by atoms with van der Waals surface area (Å²) in [5, 5.41) is 0. The minimum absolute atomic E-state index is 0.197. The van der Waals surface area contributed by atoms with E-state index in [-0.39, 0.29) is 12.1 Å². The van der Waals surface area contributed by atoms with Crippen LogP contribution in [0.4, 0.5) is 0 Å². The lowest BCUT2D eigenvalue weighted by Gasteiger charge is -2.33. The van der Waals surface area contributed by atoms with E-state index in [4.69, 9.17) is 10.2 Å². The third kappa shape index (κ3) is 3.11. The van der Waals surface area contributed by atoms with Crippen LogP contribution in [0, 0.1) is 5.92 Å². The van der Waals surface area contributed by atoms with Gasteiger partial charge in [0.05, 0.1) is 12.3 Å². The van der Waals surface area contributed by atoms with Gasteiger partial charge in [-0.2, -0.15) is 0 Å². The smallest absolute Gasteiger partial charge is 0.122 e. The minimum atomic E-state index is 0.197. The average molecular weight is 236 g/mol. The average Bonchev–Trinajstić information content (AvgIpc) is 2.71. The second-order valence-corrected chi connectivity index (χ2v) is 5.51. The van der Waals surface area contributed by atoms with Gasteiger partial charge in [0.2, 0.25) is 0 Å². The van der Waals surface area contributed by atoms with Crippen LogP contribution in [0.2, 0.25) is 0 Å². The normalized spacial score (nSPS) is 27.3. The predicted molar refractivity (Wildman–Crippen MR) is 69.7 cm³/mol. The zero-order valence-corrected chi connectivity index (χ0v) is 10.9. The molecular weight excluding hydrogens is 212 g/mol. The zero-order valence-electron chi connectivity index (χ0n) is 10.9. The largest absolute Gasteiger partial charge is 0.468 e. The molecule has 2 heterocycles. The van der Waals surface area contributed by atoms with Crippen LogP contribution in [0.3, 0.4) is 0 Å². The Morgan fingerprint density at radius 3 is 2.94 bits per heavy atom. The highest BCUT2D eigenvalue weighted by atomic mass is 16.3. The Labute approximate surface area is 104 Å². The van der Waals surface area contributed by atoms with E-state index in [0.29, 0.717) is 5.92 Å². The lowest BCUT2D eigenvalue weighted by atomic mass is 10.0. The molecule has 1 saturated heterocycles. The first kappa shape index (κ1) is 12.7. The van der Waals surface area contributed by atoms with E-state index in [1.54, 1.807) is 6.26 Å². The molecule has 2 rings (SSSR count). The SMILES string of the molecule is CC(C)CN1CCCCC(N)C1c1ccco1. The van der Waals surface area contributed by atoms with Crippen LogP contribution < -0.4 is 5.73 Å². The van der Waals surface area contributed by atoms with Gasteiger partial charge >= 0.3 is 0 Å². The molecule has 1 fully saturated rings. The standard InChI is InChI=1S/C14H24N2O/c1-11(2)10-16-8-4-3-6-12(15)14(16)13-7-5-9-17-13/h5,7,9,11-12,14H,3-4,6,8,10,15H2,1-2H3. The van der Waals surface area contributed by atoms with Gasteiger partial charge in [0.1, 0.15) is 5.76 Å². The number of nitrogens with two attached hydrogens (primary N) is 1. The number of hydrogen-bond donors (Lipinski definition) is 1. The molecule has 0 amide bonds. The number of hydrogen-bond acceptors (Lipinski definition) is 3. The molecule has 1 aliphatic rings. The van der Waals surface area contributed by atoms with Crippen LogP contribution in [-0.2, 0) is 0 Å². The molecule has 3 heteroatoms. The molecule has 1 aromatic heterocycles. The van der Waals surface area contributed by atoms with Gasteiger partial charge < -0.3 is 10.2 Å². The fourth-order valence-electron chi connectivity index (χ4n) is 2.79. The van der Waals surface area contributed by atoms with Crippen LogP contribution in [0.5, 0.6) is 0 Å². The number of furan rings is 1. The van der Waals surface area contributed by atoms with Crippen LogP contribution in [0.1, 0.15) is 44.9 Å². The number of nitrogens with zero attached hydrogens (tertiary/aromatic N) is 1. The molecule has 3 nitrogen and oxygen atoms in total. The molecule has 0 saturated carbocycles. The Balaban J connectivity index is 2.19. The summed E-state index contributed by atoms with van der Waals surface area (Å²) in [5.41, 5.74) is 6.33. The van der Waals surface area contributed by atoms with Crippen molar-refractivity contribution in [1.82, 2.24) is 4.90 Å². The van der Waals surface area contributed by atoms with Gasteiger partial charge in [0, 0.05) is 12.6 Å². The van der Waals surface area contributed by atoms with Crippen molar-refractivity contribution in [3.63, 3.8) is 0 Å². The molecule has 1 aliphatic heterocycles. The van der Waals surface area contributed by atoms with E-state index in [0.717, 1.165) is 25.3 Å². The van der Waals surface area contributed by atoms with Gasteiger partial charge in [-0.15, -0.1) is 0 Å². The lowest BCUT2D eigenvalue weighted by Crippen LogP contribution is -2.41. The molecule has 0 aliphatic carbocycles. The number of rotatable bonds is 3. The molecule has 0 bridgehead atoms. The summed E-state index contributed by atoms with van der Waals surface area (Å²) in [6, 6.07) is 4.47. The van der Waals surface area contributed by atoms with E-state index < -0.39 is 0 Å². The summed E-state index contributed by atoms with van der Waals surface area (Å²) in [7, 11) is 0. The second-order valence-electron chi connectivity index (χ2n) is 5.51. The maximum absolute atomic E-state index is 6.33. The Kier molecular flexibility index (Phi) is 4.24. The monoisotopic (exact) mass is 236 g/mol. The fraction of sp³-hybridized carbons (Fsp3) is 0.714. The Bertz CT molecular complexity index is 321. The van der Waals surface area contributed by atoms with Crippen molar-refractivity contribution in [1.29, 1.82) is 0 Å². The van der Waals surface area contributed by atoms with E-state index in [2.05, 4.69) is 24.8 Å². The van der Waals surface area contributed by atoms with Crippen molar-refractivity contribution >= 4 is 0 Å². The Morgan fingerprint density at radius 1 is 1.47 bits per heavy atom. The summed E-state index contributed by atoms with van der Waals surface area (Å²) >= 11 is 0. The maximum Gasteiger partial charge on any atom is 0.122 e. The number of likely N-dealkylation sites (tertiary alicyclic amines) is 1. The van der Waals surface area contributed by atoms with Gasteiger partial charge in [0.15, 0.2) is 0 Å². The van der Waals surface area contributed by atoms with Gasteiger partial charge in [-0.1, -0.05) is 20.3 Å². The van der Waals surface area contributed by atoms with Crippen molar-refractivity contribution in [3.8, 4) is 0 Å². The van der Waals surface area contributed by atoms with E-state index in [1.807, 2.05) is 6.07 Å². The quantitative estimate of drug-likeness (QED) is 0.877. The fourth-order valence-corrected chi connectivity index (χ4v) is 2.79. The highest BCUT2D eigenvalue weighted by molar-refractivity contribution is 5.08. The van der Waals surface area contributed by atoms with Crippen molar-refractivity contribution in [2.24, 2.45) is 11.7 Å². The molecule has 0 radical (unpaired) electrons. The van der Waals surface area contributed by atoms with Gasteiger partial charge in [-0.3, -0.25) is 4.90 Å². The zero-order chi connectivity index (χ0) is 12.3. The molecule has 0 spiro atoms. The van der Waals surface area contributed by atoms with Gasteiger partial charge in [-0.25, -0.2) is 0 Å². The highest BCUT2D eigenvalue weighted by Crippen LogP contribution is 2.30. The first-order chi connectivity index (χ1) is 8.18. The maximum atomic E-state index is 6.33. The molecule has 0 aromatic carbocycles. The topological polar surface area (TPSA) is 42.4 Å². The molecule has 96 valence electrons. The molecular formula is C14H24N2O. The van der Waals surface area contributed by atoms with Crippen LogP contribution in [-0.4, -0.2) is 24.0 Å². The van der Waals surface area contributed by atoms with E-state index >= 15 is 0 Å². The van der Waals surface area contributed by atoms with E-state index in [9.17, 15) is 0 Å². The summed E-state index contributed by atoms with van der Waals surface area (Å²) in [4.78, 5) is 2.50. The highest BCUT2D eigenvalue weighted by Gasteiger charge is 2.30. The molecule has 2 unspecified atom stereocenters. The van der Waals surface area contributed by atoms with Gasteiger partial charge in [0.25, 0.3) is 0 Å². The van der Waals surface area contributed by atoms with Crippen LogP contribution >= 0.6 is 0 Å². The van der Waals surface area contributed by atoms with Crippen LogP contribution in [0.15, 0.2) is 22.8 Å². The molecule has 17 heavy (non-hydrogen) atoms. The first-order valence-corrected chi connectivity index (χ1v) is 6.71. The van der Waals surface area contributed by atoms with Crippen molar-refractivity contribution < 1.29 is 4.42 Å². The van der Waals surface area contributed by atoms with Gasteiger partial charge in [-0.05, 0) is 37.4 Å². The summed E-state index contributed by atoms with van der Waals surface area (Å²) < 4.78 is 5.59. The third-order valence-corrected chi connectivity index (χ3v) is 3.47. The molecule has 1 aromatic rings. The first-order valence-electron chi connectivity index (χ1n) is 6.71. The molecule has 2 N–H and O–H groups in total. The van der Waals surface area contributed by atoms with Crippen LogP contribution in [0.25, 0.3) is 0 Å². The second kappa shape index (κ2) is 5.69. The Morgan fingerprint density at radius 2 is 2.29 bits per heavy atom. The Hall–Kier alpha value is -0.800. The summed E-state index contributed by atoms with van der Waals surface area (Å²) in [6.07, 6.45) is 5.32.